The average Bonchev–Trinajstić information content (AvgIpc) is 2.59. The molecule has 0 aliphatic heterocycles. The van der Waals surface area contributed by atoms with E-state index in [4.69, 9.17) is 0 Å². The van der Waals surface area contributed by atoms with Gasteiger partial charge in [0.25, 0.3) is 0 Å². The van der Waals surface area contributed by atoms with E-state index in [0.29, 0.717) is 0 Å². The van der Waals surface area contributed by atoms with Gasteiger partial charge in [-0.05, 0) is 26.0 Å². The Morgan fingerprint density at radius 3 is 2.41 bits per heavy atom. The molecule has 0 radical (unpaired) electrons. The van der Waals surface area contributed by atoms with Gasteiger partial charge >= 0.3 is 0 Å². The van der Waals surface area contributed by atoms with E-state index in [2.05, 4.69) is 5.32 Å². The molecule has 0 aromatic heterocycles. The molecule has 1 fully saturated rings. The monoisotopic (exact) mass is 259 g/mol. The van der Waals surface area contributed by atoms with E-state index in [9.17, 15) is 9.90 Å². The molecule has 17 heavy (non-hydrogen) atoms. The summed E-state index contributed by atoms with van der Waals surface area (Å²) in [4.78, 5) is 12.1. The molecule has 0 aromatic carbocycles. The Morgan fingerprint density at radius 1 is 1.35 bits per heavy atom. The van der Waals surface area contributed by atoms with E-state index in [1.165, 1.54) is 25.7 Å². The SMILES string of the molecule is CS[C@@H](CO)[C@H](C)NC(=O)C1CCCCCC1. The molecule has 0 saturated heterocycles. The van der Waals surface area contributed by atoms with Gasteiger partial charge < -0.3 is 10.4 Å². The number of carbonyl (C=O) groups is 1. The second-order valence-electron chi connectivity index (χ2n) is 4.94. The highest BCUT2D eigenvalue weighted by Gasteiger charge is 2.23. The normalized spacial score (nSPS) is 21.6. The smallest absolute Gasteiger partial charge is 0.223 e. The Hall–Kier alpha value is -0.220. The van der Waals surface area contributed by atoms with Gasteiger partial charge in [0.2, 0.25) is 5.91 Å². The highest BCUT2D eigenvalue weighted by molar-refractivity contribution is 7.99. The second kappa shape index (κ2) is 7.98. The van der Waals surface area contributed by atoms with Gasteiger partial charge in [0.15, 0.2) is 0 Å². The molecule has 100 valence electrons. The van der Waals surface area contributed by atoms with E-state index in [-0.39, 0.29) is 29.7 Å². The highest BCUT2D eigenvalue weighted by atomic mass is 32.2. The van der Waals surface area contributed by atoms with Gasteiger partial charge in [-0.15, -0.1) is 0 Å². The number of carbonyl (C=O) groups excluding carboxylic acids is 1. The first-order chi connectivity index (χ1) is 8.19. The topological polar surface area (TPSA) is 49.3 Å². The maximum atomic E-state index is 12.1. The summed E-state index contributed by atoms with van der Waals surface area (Å²) < 4.78 is 0. The van der Waals surface area contributed by atoms with Crippen molar-refractivity contribution in [3.05, 3.63) is 0 Å². The number of aliphatic hydroxyl groups is 1. The summed E-state index contributed by atoms with van der Waals surface area (Å²) in [6, 6.07) is 0.0470. The molecule has 2 atom stereocenters. The Bertz CT molecular complexity index is 223. The van der Waals surface area contributed by atoms with Crippen LogP contribution >= 0.6 is 11.8 Å². The summed E-state index contributed by atoms with van der Waals surface area (Å²) in [7, 11) is 0. The molecular formula is C13H25NO2S. The minimum absolute atomic E-state index is 0.0470. The van der Waals surface area contributed by atoms with Gasteiger partial charge in [0.05, 0.1) is 6.61 Å². The number of nitrogens with one attached hydrogen (secondary N) is 1. The molecule has 0 aromatic rings. The number of hydrogen-bond donors (Lipinski definition) is 2. The number of thioether (sulfide) groups is 1. The molecule has 3 nitrogen and oxygen atoms in total. The number of rotatable bonds is 5. The minimum atomic E-state index is 0.0470. The van der Waals surface area contributed by atoms with Gasteiger partial charge in [-0.3, -0.25) is 4.79 Å². The summed E-state index contributed by atoms with van der Waals surface area (Å²) in [5.41, 5.74) is 0. The molecule has 1 aliphatic carbocycles. The third kappa shape index (κ3) is 4.88. The van der Waals surface area contributed by atoms with Crippen LogP contribution < -0.4 is 5.32 Å². The van der Waals surface area contributed by atoms with Crippen LogP contribution in [0.1, 0.15) is 45.4 Å². The predicted octanol–water partition coefficient (Wildman–Crippen LogP) is 2.19. The van der Waals surface area contributed by atoms with Gasteiger partial charge in [-0.2, -0.15) is 11.8 Å². The molecule has 0 spiro atoms. The zero-order valence-electron chi connectivity index (χ0n) is 10.9. The highest BCUT2D eigenvalue weighted by Crippen LogP contribution is 2.23. The summed E-state index contributed by atoms with van der Waals surface area (Å²) in [6.45, 7) is 2.10. The van der Waals surface area contributed by atoms with Crippen molar-refractivity contribution in [3.8, 4) is 0 Å². The second-order valence-corrected chi connectivity index (χ2v) is 6.02. The lowest BCUT2D eigenvalue weighted by atomic mass is 9.99. The van der Waals surface area contributed by atoms with E-state index < -0.39 is 0 Å². The number of amides is 1. The Morgan fingerprint density at radius 2 is 1.94 bits per heavy atom. The standard InChI is InChI=1S/C13H25NO2S/c1-10(12(9-15)17-2)14-13(16)11-7-5-3-4-6-8-11/h10-12,15H,3-9H2,1-2H3,(H,14,16)/t10-,12-/m0/s1. The summed E-state index contributed by atoms with van der Waals surface area (Å²) in [6.07, 6.45) is 8.92. The molecule has 0 unspecified atom stereocenters. The molecule has 1 rings (SSSR count). The predicted molar refractivity (Wildman–Crippen MR) is 73.2 cm³/mol. The Balaban J connectivity index is 2.41. The van der Waals surface area contributed by atoms with E-state index in [0.717, 1.165) is 12.8 Å². The molecule has 0 bridgehead atoms. The van der Waals surface area contributed by atoms with Crippen LogP contribution in [0.5, 0.6) is 0 Å². The van der Waals surface area contributed by atoms with Gasteiger partial charge in [-0.25, -0.2) is 0 Å². The van der Waals surface area contributed by atoms with Crippen LogP contribution in [0.15, 0.2) is 0 Å². The zero-order valence-corrected chi connectivity index (χ0v) is 11.8. The largest absolute Gasteiger partial charge is 0.395 e. The quantitative estimate of drug-likeness (QED) is 0.744. The van der Waals surface area contributed by atoms with E-state index >= 15 is 0 Å². The van der Waals surface area contributed by atoms with Crippen molar-refractivity contribution in [1.82, 2.24) is 5.32 Å². The zero-order chi connectivity index (χ0) is 12.7. The van der Waals surface area contributed by atoms with E-state index in [1.54, 1.807) is 11.8 Å². The molecule has 1 saturated carbocycles. The maximum absolute atomic E-state index is 12.1. The van der Waals surface area contributed by atoms with Crippen LogP contribution in [-0.4, -0.2) is 35.2 Å². The number of aliphatic hydroxyl groups excluding tert-OH is 1. The molecule has 0 heterocycles. The van der Waals surface area contributed by atoms with Crippen molar-refractivity contribution >= 4 is 17.7 Å². The van der Waals surface area contributed by atoms with Crippen molar-refractivity contribution < 1.29 is 9.90 Å². The maximum Gasteiger partial charge on any atom is 0.223 e. The summed E-state index contributed by atoms with van der Waals surface area (Å²) in [5, 5.41) is 12.4. The lowest BCUT2D eigenvalue weighted by molar-refractivity contribution is -0.126. The first-order valence-electron chi connectivity index (χ1n) is 6.63. The van der Waals surface area contributed by atoms with Crippen LogP contribution in [0.3, 0.4) is 0 Å². The first kappa shape index (κ1) is 14.8. The fourth-order valence-electron chi connectivity index (χ4n) is 2.41. The van der Waals surface area contributed by atoms with Crippen molar-refractivity contribution in [2.24, 2.45) is 5.92 Å². The van der Waals surface area contributed by atoms with Crippen LogP contribution in [0.25, 0.3) is 0 Å². The lowest BCUT2D eigenvalue weighted by Crippen LogP contribution is -2.43. The third-order valence-corrected chi connectivity index (χ3v) is 4.80. The van der Waals surface area contributed by atoms with Gasteiger partial charge in [-0.1, -0.05) is 25.7 Å². The number of hydrogen-bond acceptors (Lipinski definition) is 3. The minimum Gasteiger partial charge on any atom is -0.395 e. The van der Waals surface area contributed by atoms with Crippen LogP contribution in [0, 0.1) is 5.92 Å². The van der Waals surface area contributed by atoms with Crippen LogP contribution in [0.2, 0.25) is 0 Å². The van der Waals surface area contributed by atoms with Crippen LogP contribution in [-0.2, 0) is 4.79 Å². The Labute approximate surface area is 109 Å². The van der Waals surface area contributed by atoms with Crippen molar-refractivity contribution in [2.75, 3.05) is 12.9 Å². The fourth-order valence-corrected chi connectivity index (χ4v) is 3.04. The van der Waals surface area contributed by atoms with Gasteiger partial charge in [0, 0.05) is 17.2 Å². The Kier molecular flexibility index (Phi) is 6.97. The molecule has 1 amide bonds. The van der Waals surface area contributed by atoms with Crippen LogP contribution in [0.4, 0.5) is 0 Å². The first-order valence-corrected chi connectivity index (χ1v) is 7.91. The fraction of sp³-hybridized carbons (Fsp3) is 0.923. The average molecular weight is 259 g/mol. The van der Waals surface area contributed by atoms with Crippen molar-refractivity contribution in [3.63, 3.8) is 0 Å². The van der Waals surface area contributed by atoms with Gasteiger partial charge in [0.1, 0.15) is 0 Å². The lowest BCUT2D eigenvalue weighted by Gasteiger charge is -2.24. The molecule has 2 N–H and O–H groups in total. The molecular weight excluding hydrogens is 234 g/mol. The summed E-state index contributed by atoms with van der Waals surface area (Å²) in [5.74, 6) is 0.382. The van der Waals surface area contributed by atoms with Crippen molar-refractivity contribution in [1.29, 1.82) is 0 Å². The molecule has 4 heteroatoms. The van der Waals surface area contributed by atoms with Crippen molar-refractivity contribution in [2.45, 2.75) is 56.7 Å². The third-order valence-electron chi connectivity index (χ3n) is 3.64. The van der Waals surface area contributed by atoms with E-state index in [1.807, 2.05) is 13.2 Å². The summed E-state index contributed by atoms with van der Waals surface area (Å²) >= 11 is 1.61. The molecule has 1 aliphatic rings.